The van der Waals surface area contributed by atoms with Gasteiger partial charge in [-0.25, -0.2) is 0 Å². The second-order valence-corrected chi connectivity index (χ2v) is 5.45. The first-order valence-electron chi connectivity index (χ1n) is 7.17. The Labute approximate surface area is 132 Å². The number of ketones is 1. The zero-order valence-electron chi connectivity index (χ0n) is 12.4. The lowest BCUT2D eigenvalue weighted by atomic mass is 9.97. The Balaban J connectivity index is 2.04. The van der Waals surface area contributed by atoms with Crippen LogP contribution in [-0.4, -0.2) is 25.7 Å². The third-order valence-corrected chi connectivity index (χ3v) is 3.94. The Hall–Kier alpha value is -3.21. The second kappa shape index (κ2) is 4.91. The molecule has 2 heterocycles. The number of phenolic OH excluding ortho intramolecular Hbond substituents is 1. The lowest BCUT2D eigenvalue weighted by Crippen LogP contribution is -1.98. The zero-order chi connectivity index (χ0) is 16.0. The van der Waals surface area contributed by atoms with Crippen molar-refractivity contribution in [2.24, 2.45) is 7.05 Å². The van der Waals surface area contributed by atoms with Crippen LogP contribution < -0.4 is 0 Å². The van der Waals surface area contributed by atoms with Crippen LogP contribution in [0.5, 0.6) is 5.75 Å². The number of aryl methyl sites for hydroxylation is 1. The number of allylic oxidation sites excluding steroid dienone is 1. The predicted octanol–water partition coefficient (Wildman–Crippen LogP) is 2.68. The molecule has 3 aromatic rings. The van der Waals surface area contributed by atoms with Crippen LogP contribution in [-0.2, 0) is 7.05 Å². The SMILES string of the molecule is Cn1cc(C2=C(c3cccnc3)C(=O)c3cc(O)ccc32)cn1. The lowest BCUT2D eigenvalue weighted by molar-refractivity contribution is 0.105. The molecule has 0 atom stereocenters. The molecule has 0 aliphatic heterocycles. The summed E-state index contributed by atoms with van der Waals surface area (Å²) in [5.74, 6) is -0.0298. The van der Waals surface area contributed by atoms with E-state index in [-0.39, 0.29) is 11.5 Å². The smallest absolute Gasteiger partial charge is 0.195 e. The number of Topliss-reactive ketones (excluding diaryl/α,β-unsaturated/α-hetero) is 1. The number of nitrogens with zero attached hydrogens (tertiary/aromatic N) is 3. The van der Waals surface area contributed by atoms with Crippen LogP contribution in [0.15, 0.2) is 55.1 Å². The minimum absolute atomic E-state index is 0.0788. The Kier molecular flexibility index (Phi) is 2.87. The van der Waals surface area contributed by atoms with Gasteiger partial charge in [-0.3, -0.25) is 14.5 Å². The molecule has 1 aliphatic carbocycles. The lowest BCUT2D eigenvalue weighted by Gasteiger charge is -2.05. The molecular weight excluding hydrogens is 290 g/mol. The first kappa shape index (κ1) is 13.5. The molecule has 23 heavy (non-hydrogen) atoms. The highest BCUT2D eigenvalue weighted by Crippen LogP contribution is 2.42. The van der Waals surface area contributed by atoms with Crippen LogP contribution >= 0.6 is 0 Å². The first-order valence-corrected chi connectivity index (χ1v) is 7.17. The Morgan fingerprint density at radius 1 is 1.04 bits per heavy atom. The molecule has 0 saturated carbocycles. The van der Waals surface area contributed by atoms with Gasteiger partial charge in [0, 0.05) is 53.5 Å². The van der Waals surface area contributed by atoms with Crippen molar-refractivity contribution < 1.29 is 9.90 Å². The third-order valence-electron chi connectivity index (χ3n) is 3.94. The molecule has 0 radical (unpaired) electrons. The maximum atomic E-state index is 12.9. The van der Waals surface area contributed by atoms with Crippen LogP contribution in [0.1, 0.15) is 27.0 Å². The second-order valence-electron chi connectivity index (χ2n) is 5.45. The summed E-state index contributed by atoms with van der Waals surface area (Å²) in [6.45, 7) is 0. The monoisotopic (exact) mass is 303 g/mol. The maximum absolute atomic E-state index is 12.9. The molecule has 0 fully saturated rings. The van der Waals surface area contributed by atoms with E-state index in [1.807, 2.05) is 19.3 Å². The number of aromatic hydroxyl groups is 1. The maximum Gasteiger partial charge on any atom is 0.195 e. The van der Waals surface area contributed by atoms with Gasteiger partial charge >= 0.3 is 0 Å². The van der Waals surface area contributed by atoms with E-state index < -0.39 is 0 Å². The minimum Gasteiger partial charge on any atom is -0.508 e. The number of pyridine rings is 1. The minimum atomic E-state index is -0.109. The van der Waals surface area contributed by atoms with Gasteiger partial charge in [0.1, 0.15) is 5.75 Å². The van der Waals surface area contributed by atoms with E-state index in [9.17, 15) is 9.90 Å². The van der Waals surface area contributed by atoms with Crippen molar-refractivity contribution in [3.8, 4) is 5.75 Å². The van der Waals surface area contributed by atoms with Crippen molar-refractivity contribution in [2.45, 2.75) is 0 Å². The number of carbonyl (C=O) groups is 1. The largest absolute Gasteiger partial charge is 0.508 e. The van der Waals surface area contributed by atoms with Gasteiger partial charge < -0.3 is 5.11 Å². The number of rotatable bonds is 2. The standard InChI is InChI=1S/C18H13N3O2/c1-21-10-12(9-20-21)16-14-5-4-13(22)7-15(14)18(23)17(16)11-3-2-6-19-8-11/h2-10,22H,1H3. The summed E-state index contributed by atoms with van der Waals surface area (Å²) in [4.78, 5) is 17.0. The highest BCUT2D eigenvalue weighted by Gasteiger charge is 2.32. The predicted molar refractivity (Wildman–Crippen MR) is 85.8 cm³/mol. The molecule has 4 rings (SSSR count). The van der Waals surface area contributed by atoms with Gasteiger partial charge in [-0.05, 0) is 29.8 Å². The molecule has 0 unspecified atom stereocenters. The molecule has 0 amide bonds. The summed E-state index contributed by atoms with van der Waals surface area (Å²) >= 11 is 0. The van der Waals surface area contributed by atoms with Crippen molar-refractivity contribution >= 4 is 16.9 Å². The summed E-state index contributed by atoms with van der Waals surface area (Å²) in [5.41, 5.74) is 4.34. The highest BCUT2D eigenvalue weighted by atomic mass is 16.3. The van der Waals surface area contributed by atoms with Gasteiger partial charge in [-0.1, -0.05) is 6.07 Å². The van der Waals surface area contributed by atoms with E-state index in [4.69, 9.17) is 0 Å². The van der Waals surface area contributed by atoms with E-state index in [0.717, 1.165) is 22.3 Å². The number of hydrogen-bond acceptors (Lipinski definition) is 4. The van der Waals surface area contributed by atoms with Crippen molar-refractivity contribution in [2.75, 3.05) is 0 Å². The molecule has 1 aliphatic rings. The van der Waals surface area contributed by atoms with Gasteiger partial charge in [0.05, 0.1) is 6.20 Å². The molecule has 0 saturated heterocycles. The van der Waals surface area contributed by atoms with Gasteiger partial charge in [-0.15, -0.1) is 0 Å². The van der Waals surface area contributed by atoms with Gasteiger partial charge in [0.25, 0.3) is 0 Å². The quantitative estimate of drug-likeness (QED) is 0.790. The molecule has 2 aromatic heterocycles. The number of aromatic nitrogens is 3. The Bertz CT molecular complexity index is 955. The van der Waals surface area contributed by atoms with Crippen molar-refractivity contribution in [1.29, 1.82) is 0 Å². The van der Waals surface area contributed by atoms with Gasteiger partial charge in [-0.2, -0.15) is 5.10 Å². The first-order chi connectivity index (χ1) is 11.1. The average molecular weight is 303 g/mol. The molecular formula is C18H13N3O2. The number of benzene rings is 1. The molecule has 0 spiro atoms. The molecule has 5 heteroatoms. The van der Waals surface area contributed by atoms with E-state index in [1.54, 1.807) is 41.5 Å². The number of carbonyl (C=O) groups excluding carboxylic acids is 1. The van der Waals surface area contributed by atoms with E-state index >= 15 is 0 Å². The number of hydrogen-bond donors (Lipinski definition) is 1. The Morgan fingerprint density at radius 2 is 1.91 bits per heavy atom. The summed E-state index contributed by atoms with van der Waals surface area (Å²) in [6.07, 6.45) is 6.96. The van der Waals surface area contributed by atoms with Crippen LogP contribution in [0, 0.1) is 0 Å². The third kappa shape index (κ3) is 2.05. The van der Waals surface area contributed by atoms with Crippen molar-refractivity contribution in [3.63, 3.8) is 0 Å². The van der Waals surface area contributed by atoms with Gasteiger partial charge in [0.2, 0.25) is 0 Å². The fraction of sp³-hybridized carbons (Fsp3) is 0.0556. The number of phenols is 1. The Morgan fingerprint density at radius 3 is 2.61 bits per heavy atom. The molecule has 1 N–H and O–H groups in total. The van der Waals surface area contributed by atoms with Crippen LogP contribution in [0.3, 0.4) is 0 Å². The average Bonchev–Trinajstić information content (AvgIpc) is 3.10. The van der Waals surface area contributed by atoms with E-state index in [2.05, 4.69) is 10.1 Å². The van der Waals surface area contributed by atoms with Crippen molar-refractivity contribution in [3.05, 3.63) is 77.4 Å². The summed E-state index contributed by atoms with van der Waals surface area (Å²) in [5, 5.41) is 13.9. The topological polar surface area (TPSA) is 68.0 Å². The zero-order valence-corrected chi connectivity index (χ0v) is 12.4. The van der Waals surface area contributed by atoms with Crippen LogP contribution in [0.25, 0.3) is 11.1 Å². The summed E-state index contributed by atoms with van der Waals surface area (Å²) in [7, 11) is 1.84. The van der Waals surface area contributed by atoms with E-state index in [0.29, 0.717) is 11.1 Å². The molecule has 112 valence electrons. The fourth-order valence-electron chi connectivity index (χ4n) is 2.96. The van der Waals surface area contributed by atoms with Gasteiger partial charge in [0.15, 0.2) is 5.78 Å². The summed E-state index contributed by atoms with van der Waals surface area (Å²) < 4.78 is 1.70. The number of fused-ring (bicyclic) bond motifs is 1. The normalized spacial score (nSPS) is 13.5. The van der Waals surface area contributed by atoms with Crippen LogP contribution in [0.4, 0.5) is 0 Å². The molecule has 5 nitrogen and oxygen atoms in total. The summed E-state index contributed by atoms with van der Waals surface area (Å²) in [6, 6.07) is 8.54. The highest BCUT2D eigenvalue weighted by molar-refractivity contribution is 6.41. The van der Waals surface area contributed by atoms with Crippen LogP contribution in [0.2, 0.25) is 0 Å². The fourth-order valence-corrected chi connectivity index (χ4v) is 2.96. The van der Waals surface area contributed by atoms with Crippen molar-refractivity contribution in [1.82, 2.24) is 14.8 Å². The molecule has 0 bridgehead atoms. The van der Waals surface area contributed by atoms with E-state index in [1.165, 1.54) is 6.07 Å². The molecule has 1 aromatic carbocycles.